The van der Waals surface area contributed by atoms with Crippen molar-refractivity contribution < 1.29 is 52.5 Å². The molecule has 0 heterocycles. The van der Waals surface area contributed by atoms with Crippen LogP contribution in [0.25, 0.3) is 17.2 Å². The summed E-state index contributed by atoms with van der Waals surface area (Å²) < 4.78 is 72.3. The van der Waals surface area contributed by atoms with E-state index in [1.165, 1.54) is 33.3 Å². The molecule has 0 aliphatic carbocycles. The Balaban J connectivity index is -0.000000183. The Morgan fingerprint density at radius 1 is 0.714 bits per heavy atom. The van der Waals surface area contributed by atoms with Gasteiger partial charge in [-0.2, -0.15) is 21.1 Å². The van der Waals surface area contributed by atoms with Gasteiger partial charge in [-0.25, -0.2) is 0 Å². The minimum absolute atomic E-state index is 0. The standard InChI is InChI=1S/C7H5F6Ge.3CH4N.Zr/c8-6(9,10)14(7(11,12)13)5-3-1-2-4-5;3*1-2;/h1-4,14H;3*2H,1H3;/q4*-1;+4. The van der Waals surface area contributed by atoms with E-state index >= 15 is 0 Å². The third kappa shape index (κ3) is 12.5. The SMILES string of the molecule is C[NH-].C[NH-].C[NH-].F[C](F)(F)[GeH]([c-]1cccc1)[C](F)(F)F.[Zr+4]. The molecule has 122 valence electrons. The predicted octanol–water partition coefficient (Wildman–Crippen LogP) is 4.05. The van der Waals surface area contributed by atoms with Gasteiger partial charge >= 0.3 is 106 Å². The van der Waals surface area contributed by atoms with Crippen LogP contribution in [0.4, 0.5) is 26.3 Å². The van der Waals surface area contributed by atoms with Crippen molar-refractivity contribution in [3.63, 3.8) is 0 Å². The first-order valence-corrected chi connectivity index (χ1v) is 8.71. The van der Waals surface area contributed by atoms with Gasteiger partial charge in [0, 0.05) is 0 Å². The van der Waals surface area contributed by atoms with Crippen LogP contribution >= 0.6 is 0 Å². The first-order chi connectivity index (χ1) is 9.23. The molecule has 0 atom stereocenters. The summed E-state index contributed by atoms with van der Waals surface area (Å²) in [6, 6.07) is 4.16. The van der Waals surface area contributed by atoms with E-state index in [1.54, 1.807) is 0 Å². The van der Waals surface area contributed by atoms with Crippen LogP contribution in [-0.2, 0) is 26.2 Å². The van der Waals surface area contributed by atoms with Crippen LogP contribution in [0.15, 0.2) is 24.3 Å². The van der Waals surface area contributed by atoms with Crippen molar-refractivity contribution in [1.29, 1.82) is 0 Å². The third-order valence-electron chi connectivity index (χ3n) is 1.68. The van der Waals surface area contributed by atoms with E-state index < -0.39 is 28.8 Å². The molecule has 3 nitrogen and oxygen atoms in total. The number of hydrogen-bond donors (Lipinski definition) is 0. The van der Waals surface area contributed by atoms with Crippen LogP contribution < -0.4 is 4.40 Å². The van der Waals surface area contributed by atoms with E-state index in [0.29, 0.717) is 0 Å². The van der Waals surface area contributed by atoms with Gasteiger partial charge in [0.1, 0.15) is 0 Å². The number of alkyl halides is 6. The summed E-state index contributed by atoms with van der Waals surface area (Å²) in [5.41, 5.74) is 17.2. The normalized spacial score (nSPS) is 9.95. The van der Waals surface area contributed by atoms with Gasteiger partial charge in [-0.15, -0.1) is 0 Å². The second-order valence-electron chi connectivity index (χ2n) is 2.73. The summed E-state index contributed by atoms with van der Waals surface area (Å²) in [6.07, 6.45) is 0. The minimum Gasteiger partial charge on any atom is 4.00 e. The fourth-order valence-electron chi connectivity index (χ4n) is 1.14. The second-order valence-corrected chi connectivity index (χ2v) is 8.70. The van der Waals surface area contributed by atoms with Gasteiger partial charge in [0.15, 0.2) is 0 Å². The van der Waals surface area contributed by atoms with E-state index in [-0.39, 0.29) is 26.2 Å². The van der Waals surface area contributed by atoms with Gasteiger partial charge in [0.2, 0.25) is 0 Å². The van der Waals surface area contributed by atoms with E-state index in [4.69, 9.17) is 17.2 Å². The minimum atomic E-state index is -5.46. The Labute approximate surface area is 143 Å². The number of halogens is 6. The van der Waals surface area contributed by atoms with Crippen LogP contribution in [0.3, 0.4) is 0 Å². The second kappa shape index (κ2) is 15.1. The first kappa shape index (κ1) is 29.3. The van der Waals surface area contributed by atoms with Crippen molar-refractivity contribution in [3.05, 3.63) is 41.5 Å². The van der Waals surface area contributed by atoms with E-state index in [0.717, 1.165) is 12.1 Å². The van der Waals surface area contributed by atoms with E-state index in [9.17, 15) is 26.3 Å². The first-order valence-electron chi connectivity index (χ1n) is 5.08. The maximum atomic E-state index is 12.1. The van der Waals surface area contributed by atoms with Crippen molar-refractivity contribution in [2.75, 3.05) is 21.1 Å². The zero-order valence-corrected chi connectivity index (χ0v) is 16.5. The summed E-state index contributed by atoms with van der Waals surface area (Å²) >= 11 is -5.46. The maximum Gasteiger partial charge on any atom is 4.00 e. The Morgan fingerprint density at radius 2 is 0.952 bits per heavy atom. The molecule has 0 bridgehead atoms. The topological polar surface area (TPSA) is 71.4 Å². The van der Waals surface area contributed by atoms with E-state index in [1.807, 2.05) is 0 Å². The molecule has 0 amide bonds. The third-order valence-corrected chi connectivity index (χ3v) is 6.63. The molecule has 0 fully saturated rings. The predicted molar refractivity (Wildman–Crippen MR) is 71.7 cm³/mol. The fourth-order valence-corrected chi connectivity index (χ4v) is 4.78. The van der Waals surface area contributed by atoms with Crippen molar-refractivity contribution in [2.45, 2.75) is 10.0 Å². The maximum absolute atomic E-state index is 12.1. The van der Waals surface area contributed by atoms with Gasteiger partial charge in [-0.3, -0.25) is 0 Å². The monoisotopic (exact) mass is 457 g/mol. The van der Waals surface area contributed by atoms with Gasteiger partial charge in [-0.1, -0.05) is 0 Å². The Morgan fingerprint density at radius 3 is 1.14 bits per heavy atom. The molecule has 1 rings (SSSR count). The molecule has 3 N–H and O–H groups in total. The molecular weight excluding hydrogens is 440 g/mol. The number of hydrogen-bond acceptors (Lipinski definition) is 0. The van der Waals surface area contributed by atoms with Crippen LogP contribution in [-0.4, -0.2) is 45.5 Å². The molecule has 0 saturated heterocycles. The average molecular weight is 457 g/mol. The van der Waals surface area contributed by atoms with Crippen LogP contribution in [0, 0.1) is 0 Å². The average Bonchev–Trinajstić information content (AvgIpc) is 2.86. The molecule has 1 aromatic rings. The number of nitrogens with one attached hydrogen (secondary N) is 3. The summed E-state index contributed by atoms with van der Waals surface area (Å²) in [4.78, 5) is 0. The molecule has 0 aromatic heterocycles. The summed E-state index contributed by atoms with van der Waals surface area (Å²) in [5.74, 6) is 0. The van der Waals surface area contributed by atoms with E-state index in [2.05, 4.69) is 0 Å². The Hall–Kier alpha value is 0.236. The zero-order chi connectivity index (χ0) is 17.0. The van der Waals surface area contributed by atoms with Gasteiger partial charge in [-0.05, 0) is 0 Å². The molecule has 0 aliphatic rings. The summed E-state index contributed by atoms with van der Waals surface area (Å²) in [7, 11) is 3.75. The summed E-state index contributed by atoms with van der Waals surface area (Å²) in [5, 5.41) is -10.2. The number of rotatable bonds is 1. The van der Waals surface area contributed by atoms with Crippen molar-refractivity contribution >= 4 is 18.7 Å². The molecule has 0 radical (unpaired) electrons. The summed E-state index contributed by atoms with van der Waals surface area (Å²) in [6.45, 7) is 0. The zero-order valence-electron chi connectivity index (χ0n) is 11.7. The molecular formula is C10H17F6GeN3Zr. The Kier molecular flexibility index (Phi) is 21.1. The fraction of sp³-hybridized carbons (Fsp3) is 0.500. The van der Waals surface area contributed by atoms with Gasteiger partial charge < -0.3 is 17.2 Å². The van der Waals surface area contributed by atoms with Crippen molar-refractivity contribution in [3.8, 4) is 0 Å². The molecule has 1 aromatic carbocycles. The van der Waals surface area contributed by atoms with Crippen molar-refractivity contribution in [2.24, 2.45) is 0 Å². The van der Waals surface area contributed by atoms with Crippen molar-refractivity contribution in [1.82, 2.24) is 0 Å². The molecule has 0 aliphatic heterocycles. The molecule has 21 heavy (non-hydrogen) atoms. The Bertz CT molecular complexity index is 289. The van der Waals surface area contributed by atoms with Gasteiger partial charge in [0.25, 0.3) is 0 Å². The molecule has 11 heteroatoms. The van der Waals surface area contributed by atoms with Crippen LogP contribution in [0.1, 0.15) is 0 Å². The van der Waals surface area contributed by atoms with Crippen LogP contribution in [0.2, 0.25) is 0 Å². The smallest absolute Gasteiger partial charge is 4.00 e. The van der Waals surface area contributed by atoms with Gasteiger partial charge in [0.05, 0.1) is 0 Å². The molecule has 0 spiro atoms. The largest absolute Gasteiger partial charge is 4.00 e. The van der Waals surface area contributed by atoms with Crippen LogP contribution in [0.5, 0.6) is 0 Å². The quantitative estimate of drug-likeness (QED) is 0.347. The molecule has 0 unspecified atom stereocenters. The molecule has 0 saturated carbocycles.